The van der Waals surface area contributed by atoms with E-state index in [0.29, 0.717) is 26.1 Å². The summed E-state index contributed by atoms with van der Waals surface area (Å²) in [4.78, 5) is 29.9. The van der Waals surface area contributed by atoms with Crippen LogP contribution in [0.2, 0.25) is 0 Å². The van der Waals surface area contributed by atoms with E-state index in [1.165, 1.54) is 18.6 Å². The molecule has 2 N–H and O–H groups in total. The monoisotopic (exact) mass is 556 g/mol. The standard InChI is InChI=1S/C24H37BrN4O4S/c1-4-17(2)22(27-34(32,33)21-12-10-19(25)11-13-21)23(30)28-14-15-29(18(3)16-28)24(31)26-20-8-6-5-7-9-20/h10-13,17-18,20,22,27H,4-9,14-16H2,1-3H3,(H,26,31). The van der Waals surface area contributed by atoms with E-state index in [1.54, 1.807) is 21.9 Å². The van der Waals surface area contributed by atoms with Gasteiger partial charge in [0.15, 0.2) is 0 Å². The highest BCUT2D eigenvalue weighted by molar-refractivity contribution is 9.10. The molecule has 1 saturated carbocycles. The fourth-order valence-electron chi connectivity index (χ4n) is 4.66. The predicted molar refractivity (Wildman–Crippen MR) is 136 cm³/mol. The van der Waals surface area contributed by atoms with E-state index in [-0.39, 0.29) is 34.8 Å². The van der Waals surface area contributed by atoms with Gasteiger partial charge in [0.05, 0.1) is 4.90 Å². The second kappa shape index (κ2) is 11.9. The molecule has 3 amide bonds. The highest BCUT2D eigenvalue weighted by atomic mass is 79.9. The van der Waals surface area contributed by atoms with Gasteiger partial charge < -0.3 is 15.1 Å². The Kier molecular flexibility index (Phi) is 9.40. The summed E-state index contributed by atoms with van der Waals surface area (Å²) in [6, 6.07) is 5.49. The number of nitrogens with one attached hydrogen (secondary N) is 2. The van der Waals surface area contributed by atoms with Gasteiger partial charge in [-0.1, -0.05) is 55.5 Å². The first kappa shape index (κ1) is 26.9. The summed E-state index contributed by atoms with van der Waals surface area (Å²) in [7, 11) is -3.86. The smallest absolute Gasteiger partial charge is 0.317 e. The third-order valence-corrected chi connectivity index (χ3v) is 9.00. The lowest BCUT2D eigenvalue weighted by atomic mass is 9.95. The minimum Gasteiger partial charge on any atom is -0.337 e. The summed E-state index contributed by atoms with van der Waals surface area (Å²) >= 11 is 3.31. The molecular formula is C24H37BrN4O4S. The van der Waals surface area contributed by atoms with Crippen molar-refractivity contribution < 1.29 is 18.0 Å². The van der Waals surface area contributed by atoms with Crippen LogP contribution in [0.4, 0.5) is 4.79 Å². The Morgan fingerprint density at radius 3 is 2.35 bits per heavy atom. The van der Waals surface area contributed by atoms with Gasteiger partial charge in [0.2, 0.25) is 15.9 Å². The van der Waals surface area contributed by atoms with Gasteiger partial charge in [0.25, 0.3) is 0 Å². The fraction of sp³-hybridized carbons (Fsp3) is 0.667. The molecule has 3 rings (SSSR count). The Balaban J connectivity index is 1.65. The minimum atomic E-state index is -3.86. The molecule has 3 atom stereocenters. The molecule has 1 aliphatic heterocycles. The molecular weight excluding hydrogens is 520 g/mol. The molecule has 1 saturated heterocycles. The van der Waals surface area contributed by atoms with E-state index in [0.717, 1.165) is 30.2 Å². The van der Waals surface area contributed by atoms with Crippen molar-refractivity contribution in [3.05, 3.63) is 28.7 Å². The van der Waals surface area contributed by atoms with Gasteiger partial charge in [-0.15, -0.1) is 0 Å². The summed E-state index contributed by atoms with van der Waals surface area (Å²) < 4.78 is 29.4. The number of carbonyl (C=O) groups excluding carboxylic acids is 2. The molecule has 1 aromatic carbocycles. The maximum Gasteiger partial charge on any atom is 0.317 e. The van der Waals surface area contributed by atoms with Crippen LogP contribution in [0.3, 0.4) is 0 Å². The molecule has 1 heterocycles. The molecule has 0 radical (unpaired) electrons. The second-order valence-corrected chi connectivity index (χ2v) is 12.2. The molecule has 1 aromatic rings. The van der Waals surface area contributed by atoms with Crippen molar-refractivity contribution in [2.24, 2.45) is 5.92 Å². The number of rotatable bonds is 7. The van der Waals surface area contributed by atoms with Gasteiger partial charge in [-0.25, -0.2) is 13.2 Å². The fourth-order valence-corrected chi connectivity index (χ4v) is 6.22. The van der Waals surface area contributed by atoms with Gasteiger partial charge in [-0.2, -0.15) is 4.72 Å². The Morgan fingerprint density at radius 1 is 1.12 bits per heavy atom. The number of piperazine rings is 1. The average Bonchev–Trinajstić information content (AvgIpc) is 2.82. The highest BCUT2D eigenvalue weighted by Crippen LogP contribution is 2.21. The van der Waals surface area contributed by atoms with Crippen LogP contribution in [0.15, 0.2) is 33.6 Å². The Bertz CT molecular complexity index is 950. The number of amides is 3. The van der Waals surface area contributed by atoms with Crippen LogP contribution in [-0.4, -0.2) is 67.9 Å². The molecule has 10 heteroatoms. The van der Waals surface area contributed by atoms with Crippen molar-refractivity contribution in [2.75, 3.05) is 19.6 Å². The number of sulfonamides is 1. The van der Waals surface area contributed by atoms with Crippen LogP contribution in [0.5, 0.6) is 0 Å². The average molecular weight is 558 g/mol. The first-order valence-corrected chi connectivity index (χ1v) is 14.5. The van der Waals surface area contributed by atoms with E-state index in [9.17, 15) is 18.0 Å². The van der Waals surface area contributed by atoms with Gasteiger partial charge in [-0.3, -0.25) is 4.79 Å². The number of hydrogen-bond donors (Lipinski definition) is 2. The summed E-state index contributed by atoms with van der Waals surface area (Å²) in [5.41, 5.74) is 0. The summed E-state index contributed by atoms with van der Waals surface area (Å²) in [6.07, 6.45) is 6.22. The molecule has 1 aliphatic carbocycles. The first-order chi connectivity index (χ1) is 16.1. The SMILES string of the molecule is CCC(C)C(NS(=O)(=O)c1ccc(Br)cc1)C(=O)N1CCN(C(=O)NC2CCCCC2)C(C)C1. The molecule has 8 nitrogen and oxygen atoms in total. The first-order valence-electron chi connectivity index (χ1n) is 12.3. The van der Waals surface area contributed by atoms with E-state index in [4.69, 9.17) is 0 Å². The van der Waals surface area contributed by atoms with Gasteiger partial charge in [-0.05, 0) is 49.9 Å². The van der Waals surface area contributed by atoms with Crippen molar-refractivity contribution in [1.29, 1.82) is 0 Å². The quantitative estimate of drug-likeness (QED) is 0.534. The molecule has 0 bridgehead atoms. The van der Waals surface area contributed by atoms with Crippen molar-refractivity contribution in [1.82, 2.24) is 19.8 Å². The van der Waals surface area contributed by atoms with Crippen LogP contribution < -0.4 is 10.0 Å². The lowest BCUT2D eigenvalue weighted by Crippen LogP contribution is -2.61. The van der Waals surface area contributed by atoms with Crippen molar-refractivity contribution >= 4 is 37.9 Å². The molecule has 0 spiro atoms. The lowest BCUT2D eigenvalue weighted by molar-refractivity contribution is -0.136. The third kappa shape index (κ3) is 6.73. The predicted octanol–water partition coefficient (Wildman–Crippen LogP) is 3.72. The zero-order valence-corrected chi connectivity index (χ0v) is 22.7. The maximum absolute atomic E-state index is 13.5. The number of hydrogen-bond acceptors (Lipinski definition) is 4. The third-order valence-electron chi connectivity index (χ3n) is 7.02. The highest BCUT2D eigenvalue weighted by Gasteiger charge is 2.37. The van der Waals surface area contributed by atoms with Crippen molar-refractivity contribution in [3.63, 3.8) is 0 Å². The Hall–Kier alpha value is -1.65. The molecule has 2 fully saturated rings. The summed E-state index contributed by atoms with van der Waals surface area (Å²) in [6.45, 7) is 6.94. The van der Waals surface area contributed by atoms with E-state index < -0.39 is 16.1 Å². The zero-order valence-electron chi connectivity index (χ0n) is 20.3. The van der Waals surface area contributed by atoms with E-state index in [2.05, 4.69) is 26.0 Å². The Labute approximate surface area is 212 Å². The van der Waals surface area contributed by atoms with Crippen molar-refractivity contribution in [2.45, 2.75) is 82.3 Å². The van der Waals surface area contributed by atoms with E-state index >= 15 is 0 Å². The Morgan fingerprint density at radius 2 is 1.76 bits per heavy atom. The lowest BCUT2D eigenvalue weighted by Gasteiger charge is -2.42. The van der Waals surface area contributed by atoms with Gasteiger partial charge in [0.1, 0.15) is 6.04 Å². The van der Waals surface area contributed by atoms with Crippen molar-refractivity contribution in [3.8, 4) is 0 Å². The molecule has 190 valence electrons. The van der Waals surface area contributed by atoms with Crippen LogP contribution in [0.25, 0.3) is 0 Å². The molecule has 34 heavy (non-hydrogen) atoms. The number of urea groups is 1. The topological polar surface area (TPSA) is 98.8 Å². The molecule has 3 unspecified atom stereocenters. The van der Waals surface area contributed by atoms with Crippen LogP contribution >= 0.6 is 15.9 Å². The molecule has 0 aromatic heterocycles. The van der Waals surface area contributed by atoms with Crippen LogP contribution in [0.1, 0.15) is 59.3 Å². The summed E-state index contributed by atoms with van der Waals surface area (Å²) in [5.74, 6) is -0.421. The number of carbonyl (C=O) groups is 2. The van der Waals surface area contributed by atoms with Crippen LogP contribution in [-0.2, 0) is 14.8 Å². The minimum absolute atomic E-state index is 0.0686. The number of benzene rings is 1. The van der Waals surface area contributed by atoms with Crippen LogP contribution in [0, 0.1) is 5.92 Å². The van der Waals surface area contributed by atoms with Gasteiger partial charge in [0, 0.05) is 36.2 Å². The zero-order chi connectivity index (χ0) is 24.9. The number of nitrogens with zero attached hydrogens (tertiary/aromatic N) is 2. The van der Waals surface area contributed by atoms with E-state index in [1.807, 2.05) is 20.8 Å². The number of halogens is 1. The van der Waals surface area contributed by atoms with Gasteiger partial charge >= 0.3 is 6.03 Å². The largest absolute Gasteiger partial charge is 0.337 e. The molecule has 2 aliphatic rings. The second-order valence-electron chi connectivity index (χ2n) is 9.55. The maximum atomic E-state index is 13.5. The normalized spacial score (nSPS) is 21.7. The summed E-state index contributed by atoms with van der Waals surface area (Å²) in [5, 5.41) is 3.15.